The van der Waals surface area contributed by atoms with Gasteiger partial charge in [0.25, 0.3) is 0 Å². The van der Waals surface area contributed by atoms with Crippen molar-refractivity contribution < 1.29 is 8.42 Å². The molecule has 6 nitrogen and oxygen atoms in total. The summed E-state index contributed by atoms with van der Waals surface area (Å²) in [7, 11) is -3.51. The Morgan fingerprint density at radius 3 is 2.39 bits per heavy atom. The van der Waals surface area contributed by atoms with Gasteiger partial charge >= 0.3 is 0 Å². The highest BCUT2D eigenvalue weighted by atomic mass is 79.9. The maximum Gasteiger partial charge on any atom is 0.243 e. The number of nitrogens with zero attached hydrogens (tertiary/aromatic N) is 4. The van der Waals surface area contributed by atoms with Crippen LogP contribution < -0.4 is 4.90 Å². The number of aromatic nitrogens is 1. The number of halogens is 1. The highest BCUT2D eigenvalue weighted by Crippen LogP contribution is 2.28. The first-order valence-corrected chi connectivity index (χ1v) is 11.7. The van der Waals surface area contributed by atoms with Gasteiger partial charge in [-0.1, -0.05) is 15.9 Å². The minimum absolute atomic E-state index is 0.300. The number of piperazine rings is 1. The quantitative estimate of drug-likeness (QED) is 0.702. The number of pyridine rings is 1. The van der Waals surface area contributed by atoms with Crippen molar-refractivity contribution in [3.63, 3.8) is 0 Å². The molecule has 4 rings (SSSR count). The number of hydrogen-bond acceptors (Lipinski definition) is 5. The zero-order valence-electron chi connectivity index (χ0n) is 15.4. The molecule has 1 saturated heterocycles. The molecule has 0 N–H and O–H groups in total. The molecule has 2 heterocycles. The zero-order chi connectivity index (χ0) is 19.7. The molecule has 2 aliphatic rings. The molecule has 0 unspecified atom stereocenters. The van der Waals surface area contributed by atoms with Crippen LogP contribution >= 0.6 is 15.9 Å². The van der Waals surface area contributed by atoms with Crippen LogP contribution in [0.2, 0.25) is 0 Å². The van der Waals surface area contributed by atoms with Gasteiger partial charge in [-0.3, -0.25) is 0 Å². The largest absolute Gasteiger partial charge is 0.353 e. The van der Waals surface area contributed by atoms with E-state index in [0.29, 0.717) is 42.5 Å². The number of sulfonamides is 1. The monoisotopic (exact) mass is 460 g/mol. The van der Waals surface area contributed by atoms with Gasteiger partial charge in [0.05, 0.1) is 10.5 Å². The molecule has 8 heteroatoms. The van der Waals surface area contributed by atoms with Gasteiger partial charge in [-0.05, 0) is 61.6 Å². The van der Waals surface area contributed by atoms with Crippen LogP contribution in [0.25, 0.3) is 0 Å². The number of fused-ring (bicyclic) bond motifs is 1. The Labute approximate surface area is 174 Å². The minimum Gasteiger partial charge on any atom is -0.353 e. The average molecular weight is 461 g/mol. The molecule has 146 valence electrons. The van der Waals surface area contributed by atoms with Crippen LogP contribution in [0.3, 0.4) is 0 Å². The highest BCUT2D eigenvalue weighted by molar-refractivity contribution is 9.10. The number of nitriles is 1. The fourth-order valence-electron chi connectivity index (χ4n) is 3.84. The number of rotatable bonds is 3. The number of hydrogen-bond donors (Lipinski definition) is 0. The highest BCUT2D eigenvalue weighted by Gasteiger charge is 2.30. The number of anilines is 1. The number of benzene rings is 1. The predicted molar refractivity (Wildman–Crippen MR) is 111 cm³/mol. The van der Waals surface area contributed by atoms with E-state index in [1.165, 1.54) is 9.87 Å². The lowest BCUT2D eigenvalue weighted by Gasteiger charge is -2.35. The lowest BCUT2D eigenvalue weighted by molar-refractivity contribution is 0.383. The summed E-state index contributed by atoms with van der Waals surface area (Å²) in [6, 6.07) is 11.0. The van der Waals surface area contributed by atoms with E-state index >= 15 is 0 Å². The smallest absolute Gasteiger partial charge is 0.243 e. The summed E-state index contributed by atoms with van der Waals surface area (Å²) in [4.78, 5) is 7.14. The van der Waals surface area contributed by atoms with Crippen molar-refractivity contribution in [1.82, 2.24) is 9.29 Å². The van der Waals surface area contributed by atoms with E-state index in [1.807, 2.05) is 11.0 Å². The summed E-state index contributed by atoms with van der Waals surface area (Å²) in [6.45, 7) is 1.80. The molecule has 1 aliphatic heterocycles. The molecule has 1 aliphatic carbocycles. The Bertz CT molecular complexity index is 1020. The molecule has 1 fully saturated rings. The SMILES string of the molecule is N#Cc1cc2c(nc1N1CCN(S(=O)(=O)c3ccc(Br)cc3)CC1)CCCC2. The van der Waals surface area contributed by atoms with E-state index in [4.69, 9.17) is 4.98 Å². The summed E-state index contributed by atoms with van der Waals surface area (Å²) < 4.78 is 28.1. The molecule has 2 aromatic rings. The second kappa shape index (κ2) is 7.82. The second-order valence-corrected chi connectivity index (χ2v) is 9.98. The molecule has 0 atom stereocenters. The Morgan fingerprint density at radius 1 is 1.04 bits per heavy atom. The van der Waals surface area contributed by atoms with Gasteiger partial charge in [-0.25, -0.2) is 13.4 Å². The van der Waals surface area contributed by atoms with Crippen LogP contribution in [-0.4, -0.2) is 43.9 Å². The van der Waals surface area contributed by atoms with Crippen LogP contribution in [0.5, 0.6) is 0 Å². The molecule has 1 aromatic heterocycles. The minimum atomic E-state index is -3.51. The van der Waals surface area contributed by atoms with Gasteiger partial charge in [0.1, 0.15) is 11.9 Å². The van der Waals surface area contributed by atoms with Gasteiger partial charge in [-0.2, -0.15) is 9.57 Å². The molecule has 0 spiro atoms. The molecule has 0 saturated carbocycles. The third-order valence-electron chi connectivity index (χ3n) is 5.39. The van der Waals surface area contributed by atoms with E-state index in [9.17, 15) is 13.7 Å². The molecule has 1 aromatic carbocycles. The number of aryl methyl sites for hydroxylation is 2. The lowest BCUT2D eigenvalue weighted by atomic mass is 9.95. The van der Waals surface area contributed by atoms with Crippen LogP contribution in [0.15, 0.2) is 39.7 Å². The normalized spacial score (nSPS) is 17.8. The molecule has 28 heavy (non-hydrogen) atoms. The van der Waals surface area contributed by atoms with E-state index in [1.54, 1.807) is 24.3 Å². The van der Waals surface area contributed by atoms with Crippen LogP contribution in [0, 0.1) is 11.3 Å². The van der Waals surface area contributed by atoms with Crippen molar-refractivity contribution in [2.24, 2.45) is 0 Å². The third kappa shape index (κ3) is 3.66. The summed E-state index contributed by atoms with van der Waals surface area (Å²) >= 11 is 3.33. The molecule has 0 amide bonds. The van der Waals surface area contributed by atoms with Crippen molar-refractivity contribution in [2.45, 2.75) is 30.6 Å². The van der Waals surface area contributed by atoms with Crippen LogP contribution in [-0.2, 0) is 22.9 Å². The lowest BCUT2D eigenvalue weighted by Crippen LogP contribution is -2.49. The summed E-state index contributed by atoms with van der Waals surface area (Å²) in [5, 5.41) is 9.58. The zero-order valence-corrected chi connectivity index (χ0v) is 17.8. The van der Waals surface area contributed by atoms with Gasteiger partial charge in [-0.15, -0.1) is 0 Å². The first kappa shape index (κ1) is 19.4. The molecular formula is C20H21BrN4O2S. The maximum atomic E-state index is 12.9. The standard InChI is InChI=1S/C20H21BrN4O2S/c21-17-5-7-18(8-6-17)28(26,27)25-11-9-24(10-12-25)20-16(14-22)13-15-3-1-2-4-19(15)23-20/h5-8,13H,1-4,9-12H2. The third-order valence-corrected chi connectivity index (χ3v) is 7.83. The predicted octanol–water partition coefficient (Wildman–Crippen LogP) is 3.11. The maximum absolute atomic E-state index is 12.9. The molecular weight excluding hydrogens is 440 g/mol. The van der Waals surface area contributed by atoms with E-state index in [-0.39, 0.29) is 0 Å². The van der Waals surface area contributed by atoms with E-state index < -0.39 is 10.0 Å². The Hall–Kier alpha value is -1.95. The Morgan fingerprint density at radius 2 is 1.71 bits per heavy atom. The Kier molecular flexibility index (Phi) is 5.41. The molecule has 0 radical (unpaired) electrons. The first-order valence-electron chi connectivity index (χ1n) is 9.42. The first-order chi connectivity index (χ1) is 13.5. The van der Waals surface area contributed by atoms with Crippen LogP contribution in [0.4, 0.5) is 5.82 Å². The van der Waals surface area contributed by atoms with Gasteiger partial charge in [0.2, 0.25) is 10.0 Å². The van der Waals surface area contributed by atoms with Gasteiger partial charge in [0.15, 0.2) is 0 Å². The van der Waals surface area contributed by atoms with Crippen molar-refractivity contribution >= 4 is 31.8 Å². The topological polar surface area (TPSA) is 77.3 Å². The average Bonchev–Trinajstić information content (AvgIpc) is 2.73. The van der Waals surface area contributed by atoms with E-state index in [2.05, 4.69) is 22.0 Å². The van der Waals surface area contributed by atoms with Crippen LogP contribution in [0.1, 0.15) is 29.7 Å². The van der Waals surface area contributed by atoms with E-state index in [0.717, 1.165) is 35.8 Å². The summed E-state index contributed by atoms with van der Waals surface area (Å²) in [6.07, 6.45) is 4.21. The van der Waals surface area contributed by atoms with Gasteiger partial charge in [0, 0.05) is 36.3 Å². The summed E-state index contributed by atoms with van der Waals surface area (Å²) in [5.41, 5.74) is 2.86. The molecule has 0 bridgehead atoms. The summed E-state index contributed by atoms with van der Waals surface area (Å²) in [5.74, 6) is 0.698. The second-order valence-electron chi connectivity index (χ2n) is 7.13. The fraction of sp³-hybridized carbons (Fsp3) is 0.400. The van der Waals surface area contributed by atoms with Crippen molar-refractivity contribution in [3.05, 3.63) is 51.6 Å². The van der Waals surface area contributed by atoms with Crippen molar-refractivity contribution in [3.8, 4) is 6.07 Å². The van der Waals surface area contributed by atoms with Crippen molar-refractivity contribution in [1.29, 1.82) is 5.26 Å². The van der Waals surface area contributed by atoms with Crippen molar-refractivity contribution in [2.75, 3.05) is 31.1 Å². The van der Waals surface area contributed by atoms with Gasteiger partial charge < -0.3 is 4.90 Å². The fourth-order valence-corrected chi connectivity index (χ4v) is 5.53. The Balaban J connectivity index is 1.53.